The minimum Gasteiger partial charge on any atom is -0.308 e. The maximum atomic E-state index is 13.4. The van der Waals surface area contributed by atoms with Gasteiger partial charge in [0.15, 0.2) is 0 Å². The average Bonchev–Trinajstić information content (AvgIpc) is 3.14. The van der Waals surface area contributed by atoms with Crippen molar-refractivity contribution < 1.29 is 22.8 Å². The summed E-state index contributed by atoms with van der Waals surface area (Å²) in [6.45, 7) is 1.89. The van der Waals surface area contributed by atoms with Gasteiger partial charge in [0.05, 0.1) is 33.4 Å². The molecule has 2 amide bonds. The molecule has 0 atom stereocenters. The summed E-state index contributed by atoms with van der Waals surface area (Å²) in [5.74, 6) is -0.898. The summed E-state index contributed by atoms with van der Waals surface area (Å²) in [5, 5.41) is 1.41. The van der Waals surface area contributed by atoms with E-state index in [1.165, 1.54) is 13.1 Å². The number of aromatic nitrogens is 1. The van der Waals surface area contributed by atoms with E-state index in [2.05, 4.69) is 0 Å². The highest BCUT2D eigenvalue weighted by Gasteiger charge is 2.36. The van der Waals surface area contributed by atoms with Crippen LogP contribution in [0.5, 0.6) is 0 Å². The van der Waals surface area contributed by atoms with Gasteiger partial charge in [-0.05, 0) is 42.8 Å². The summed E-state index contributed by atoms with van der Waals surface area (Å²) in [7, 11) is 1.40. The van der Waals surface area contributed by atoms with Gasteiger partial charge >= 0.3 is 6.18 Å². The molecule has 0 unspecified atom stereocenters. The number of hydrogen-bond donors (Lipinski definition) is 0. The molecule has 3 aromatic carbocycles. The van der Waals surface area contributed by atoms with Crippen LogP contribution >= 0.6 is 0 Å². The number of hydrogen-bond acceptors (Lipinski definition) is 2. The third kappa shape index (κ3) is 2.41. The molecule has 30 heavy (non-hydrogen) atoms. The first-order chi connectivity index (χ1) is 14.2. The second kappa shape index (κ2) is 5.95. The number of nitrogens with zero attached hydrogens (tertiary/aromatic N) is 2. The molecule has 1 aromatic heterocycles. The lowest BCUT2D eigenvalue weighted by molar-refractivity contribution is -0.137. The number of amides is 2. The average molecular weight is 408 g/mol. The van der Waals surface area contributed by atoms with Gasteiger partial charge in [-0.3, -0.25) is 14.5 Å². The van der Waals surface area contributed by atoms with Gasteiger partial charge in [0.1, 0.15) is 0 Å². The van der Waals surface area contributed by atoms with Crippen LogP contribution < -0.4 is 0 Å². The van der Waals surface area contributed by atoms with Crippen molar-refractivity contribution in [1.82, 2.24) is 9.47 Å². The van der Waals surface area contributed by atoms with E-state index in [1.54, 1.807) is 22.8 Å². The van der Waals surface area contributed by atoms with E-state index in [0.717, 1.165) is 28.0 Å². The van der Waals surface area contributed by atoms with Gasteiger partial charge in [-0.15, -0.1) is 0 Å². The fraction of sp³-hybridized carbons (Fsp3) is 0.130. The van der Waals surface area contributed by atoms with E-state index >= 15 is 0 Å². The molecule has 0 N–H and O–H groups in total. The maximum Gasteiger partial charge on any atom is 0.416 e. The molecule has 0 saturated heterocycles. The Morgan fingerprint density at radius 2 is 1.50 bits per heavy atom. The Morgan fingerprint density at radius 1 is 0.833 bits per heavy atom. The van der Waals surface area contributed by atoms with Crippen molar-refractivity contribution in [3.05, 3.63) is 76.9 Å². The van der Waals surface area contributed by atoms with Gasteiger partial charge in [0, 0.05) is 17.8 Å². The summed E-state index contributed by atoms with van der Waals surface area (Å²) < 4.78 is 42.0. The van der Waals surface area contributed by atoms with Crippen molar-refractivity contribution in [2.75, 3.05) is 7.05 Å². The van der Waals surface area contributed by atoms with Crippen LogP contribution in [-0.2, 0) is 6.18 Å². The molecule has 7 heteroatoms. The molecule has 1 aliphatic heterocycles. The van der Waals surface area contributed by atoms with Crippen molar-refractivity contribution in [1.29, 1.82) is 0 Å². The van der Waals surface area contributed by atoms with Crippen LogP contribution in [0.4, 0.5) is 13.2 Å². The van der Waals surface area contributed by atoms with Gasteiger partial charge < -0.3 is 4.57 Å². The second-order valence-electron chi connectivity index (χ2n) is 7.45. The zero-order valence-electron chi connectivity index (χ0n) is 16.0. The standard InChI is InChI=1S/C23H15F3N2O2/c1-12-6-8-14-15-9-7-13(23(24,25)26)11-19(15)28(18(14)10-12)17-5-3-4-16-20(17)22(30)27(2)21(16)29/h3-11H,1-2H3. The predicted octanol–water partition coefficient (Wildman–Crippen LogP) is 5.34. The van der Waals surface area contributed by atoms with E-state index < -0.39 is 23.6 Å². The molecule has 2 heterocycles. The number of aryl methyl sites for hydroxylation is 1. The lowest BCUT2D eigenvalue weighted by atomic mass is 10.1. The highest BCUT2D eigenvalue weighted by molar-refractivity contribution is 6.23. The normalized spacial score (nSPS) is 14.2. The van der Waals surface area contributed by atoms with Crippen LogP contribution in [0.25, 0.3) is 27.5 Å². The monoisotopic (exact) mass is 408 g/mol. The minimum absolute atomic E-state index is 0.197. The molecule has 0 fully saturated rings. The Bertz CT molecular complexity index is 1400. The van der Waals surface area contributed by atoms with Crippen molar-refractivity contribution in [3.8, 4) is 5.69 Å². The van der Waals surface area contributed by atoms with Crippen molar-refractivity contribution in [2.24, 2.45) is 0 Å². The molecule has 4 nitrogen and oxygen atoms in total. The zero-order valence-corrected chi connectivity index (χ0v) is 16.0. The fourth-order valence-corrected chi connectivity index (χ4v) is 4.13. The molecule has 1 aliphatic rings. The van der Waals surface area contributed by atoms with Crippen LogP contribution in [0.2, 0.25) is 0 Å². The molecular weight excluding hydrogens is 393 g/mol. The number of fused-ring (bicyclic) bond motifs is 4. The van der Waals surface area contributed by atoms with Crippen LogP contribution in [0, 0.1) is 6.92 Å². The number of carbonyl (C=O) groups excluding carboxylic acids is 2. The SMILES string of the molecule is Cc1ccc2c3ccc(C(F)(F)F)cc3n(-c3cccc4c3C(=O)N(C)C4=O)c2c1. The molecule has 4 aromatic rings. The Balaban J connectivity index is 1.95. The van der Waals surface area contributed by atoms with Crippen molar-refractivity contribution in [3.63, 3.8) is 0 Å². The van der Waals surface area contributed by atoms with E-state index in [9.17, 15) is 22.8 Å². The molecule has 0 radical (unpaired) electrons. The third-order valence-corrected chi connectivity index (χ3v) is 5.59. The second-order valence-corrected chi connectivity index (χ2v) is 7.45. The van der Waals surface area contributed by atoms with Gasteiger partial charge in [0.2, 0.25) is 0 Å². The fourth-order valence-electron chi connectivity index (χ4n) is 4.13. The number of halogens is 3. The van der Waals surface area contributed by atoms with Crippen LogP contribution in [0.1, 0.15) is 31.8 Å². The van der Waals surface area contributed by atoms with Gasteiger partial charge in [0.25, 0.3) is 11.8 Å². The molecule has 0 saturated carbocycles. The molecule has 150 valence electrons. The summed E-state index contributed by atoms with van der Waals surface area (Å²) in [6, 6.07) is 14.1. The molecular formula is C23H15F3N2O2. The number of imide groups is 1. The summed E-state index contributed by atoms with van der Waals surface area (Å²) in [6.07, 6.45) is -4.50. The number of alkyl halides is 3. The summed E-state index contributed by atoms with van der Waals surface area (Å²) >= 11 is 0. The van der Waals surface area contributed by atoms with Crippen molar-refractivity contribution >= 4 is 33.6 Å². The lowest BCUT2D eigenvalue weighted by Gasteiger charge is -2.13. The zero-order chi connectivity index (χ0) is 21.4. The molecule has 0 aliphatic carbocycles. The van der Waals surface area contributed by atoms with Crippen LogP contribution in [0.15, 0.2) is 54.6 Å². The topological polar surface area (TPSA) is 42.3 Å². The Hall–Kier alpha value is -3.61. The minimum atomic E-state index is -4.50. The summed E-state index contributed by atoms with van der Waals surface area (Å²) in [4.78, 5) is 26.3. The first kappa shape index (κ1) is 18.4. The molecule has 0 bridgehead atoms. The first-order valence-corrected chi connectivity index (χ1v) is 9.26. The Morgan fingerprint density at radius 3 is 2.20 bits per heavy atom. The summed E-state index contributed by atoms with van der Waals surface area (Å²) in [5.41, 5.74) is 1.98. The van der Waals surface area contributed by atoms with Crippen LogP contribution in [-0.4, -0.2) is 28.3 Å². The smallest absolute Gasteiger partial charge is 0.308 e. The molecule has 0 spiro atoms. The van der Waals surface area contributed by atoms with E-state index in [-0.39, 0.29) is 11.1 Å². The van der Waals surface area contributed by atoms with Gasteiger partial charge in [-0.1, -0.05) is 24.3 Å². The van der Waals surface area contributed by atoms with Gasteiger partial charge in [-0.25, -0.2) is 0 Å². The number of benzene rings is 3. The Kier molecular flexibility index (Phi) is 3.65. The van der Waals surface area contributed by atoms with Crippen molar-refractivity contribution in [2.45, 2.75) is 13.1 Å². The maximum absolute atomic E-state index is 13.4. The molecule has 5 rings (SSSR count). The highest BCUT2D eigenvalue weighted by atomic mass is 19.4. The van der Waals surface area contributed by atoms with Gasteiger partial charge in [-0.2, -0.15) is 13.2 Å². The third-order valence-electron chi connectivity index (χ3n) is 5.59. The highest BCUT2D eigenvalue weighted by Crippen LogP contribution is 2.39. The lowest BCUT2D eigenvalue weighted by Crippen LogP contribution is -2.24. The predicted molar refractivity (Wildman–Crippen MR) is 107 cm³/mol. The largest absolute Gasteiger partial charge is 0.416 e. The van der Waals surface area contributed by atoms with E-state index in [0.29, 0.717) is 22.1 Å². The van der Waals surface area contributed by atoms with Crippen LogP contribution in [0.3, 0.4) is 0 Å². The van der Waals surface area contributed by atoms with E-state index in [4.69, 9.17) is 0 Å². The number of carbonyl (C=O) groups is 2. The van der Waals surface area contributed by atoms with E-state index in [1.807, 2.05) is 25.1 Å². The Labute approximate surface area is 169 Å². The quantitative estimate of drug-likeness (QED) is 0.399. The first-order valence-electron chi connectivity index (χ1n) is 9.26. The number of rotatable bonds is 1.